The predicted molar refractivity (Wildman–Crippen MR) is 72.2 cm³/mol. The molecule has 6 nitrogen and oxygen atoms in total. The van der Waals surface area contributed by atoms with Gasteiger partial charge in [0.1, 0.15) is 0 Å². The van der Waals surface area contributed by atoms with E-state index in [0.29, 0.717) is 38.9 Å². The summed E-state index contributed by atoms with van der Waals surface area (Å²) in [6.45, 7) is 3.03. The largest absolute Gasteiger partial charge is 0.341 e. The van der Waals surface area contributed by atoms with E-state index in [-0.39, 0.29) is 11.8 Å². The summed E-state index contributed by atoms with van der Waals surface area (Å²) < 4.78 is 0. The molecular weight excluding hydrogens is 244 g/mol. The van der Waals surface area contributed by atoms with Gasteiger partial charge in [0.05, 0.1) is 5.54 Å². The Morgan fingerprint density at radius 3 is 1.79 bits per heavy atom. The molecule has 2 heterocycles. The third-order valence-corrected chi connectivity index (χ3v) is 4.00. The van der Waals surface area contributed by atoms with Crippen LogP contribution in [0.25, 0.3) is 0 Å². The summed E-state index contributed by atoms with van der Waals surface area (Å²) in [5.74, 6) is 0.333. The molecule has 2 aliphatic heterocycles. The van der Waals surface area contributed by atoms with Gasteiger partial charge in [0.25, 0.3) is 0 Å². The lowest BCUT2D eigenvalue weighted by Gasteiger charge is -2.36. The summed E-state index contributed by atoms with van der Waals surface area (Å²) in [6.07, 6.45) is 3.66. The smallest absolute Gasteiger partial charge is 0.222 e. The Morgan fingerprint density at radius 1 is 1.00 bits per heavy atom. The zero-order valence-corrected chi connectivity index (χ0v) is 11.4. The second-order valence-corrected chi connectivity index (χ2v) is 5.74. The van der Waals surface area contributed by atoms with Crippen molar-refractivity contribution < 1.29 is 9.59 Å². The molecule has 6 heteroatoms. The number of carbonyl (C=O) groups excluding carboxylic acids is 2. The fourth-order valence-corrected chi connectivity index (χ4v) is 3.00. The third-order valence-electron chi connectivity index (χ3n) is 4.00. The van der Waals surface area contributed by atoms with Gasteiger partial charge < -0.3 is 21.3 Å². The maximum absolute atomic E-state index is 11.7. The summed E-state index contributed by atoms with van der Waals surface area (Å²) >= 11 is 0. The molecule has 2 aliphatic rings. The zero-order chi connectivity index (χ0) is 13.9. The number of nitrogens with two attached hydrogens (primary N) is 2. The molecule has 2 saturated heterocycles. The molecule has 19 heavy (non-hydrogen) atoms. The first-order valence-electron chi connectivity index (χ1n) is 7.09. The Kier molecular flexibility index (Phi) is 4.42. The molecular formula is C13H24N4O2. The average molecular weight is 268 g/mol. The van der Waals surface area contributed by atoms with Gasteiger partial charge in [0.15, 0.2) is 0 Å². The van der Waals surface area contributed by atoms with Crippen LogP contribution >= 0.6 is 0 Å². The Hall–Kier alpha value is -1.14. The van der Waals surface area contributed by atoms with E-state index in [4.69, 9.17) is 11.5 Å². The summed E-state index contributed by atoms with van der Waals surface area (Å²) in [7, 11) is 0. The van der Waals surface area contributed by atoms with Gasteiger partial charge in [-0.15, -0.1) is 0 Å². The number of hydrogen-bond donors (Lipinski definition) is 2. The summed E-state index contributed by atoms with van der Waals surface area (Å²) in [5, 5.41) is 0. The van der Waals surface area contributed by atoms with E-state index >= 15 is 0 Å². The Balaban J connectivity index is 1.99. The molecule has 0 aliphatic carbocycles. The molecule has 0 aromatic carbocycles. The van der Waals surface area contributed by atoms with Crippen molar-refractivity contribution in [3.05, 3.63) is 0 Å². The van der Waals surface area contributed by atoms with Crippen LogP contribution in [-0.2, 0) is 9.59 Å². The number of hydrogen-bond acceptors (Lipinski definition) is 4. The van der Waals surface area contributed by atoms with Crippen molar-refractivity contribution in [3.63, 3.8) is 0 Å². The van der Waals surface area contributed by atoms with E-state index in [0.717, 1.165) is 25.9 Å². The Bertz CT molecular complexity index is 331. The highest BCUT2D eigenvalue weighted by Gasteiger charge is 2.35. The van der Waals surface area contributed by atoms with Crippen molar-refractivity contribution >= 4 is 11.8 Å². The predicted octanol–water partition coefficient (Wildman–Crippen LogP) is -0.722. The topological polar surface area (TPSA) is 92.7 Å². The highest BCUT2D eigenvalue weighted by molar-refractivity contribution is 5.79. The molecule has 2 rings (SSSR count). The van der Waals surface area contributed by atoms with Crippen molar-refractivity contribution in [3.8, 4) is 0 Å². The van der Waals surface area contributed by atoms with Crippen LogP contribution < -0.4 is 11.5 Å². The standard InChI is InChI=1S/C13H24N4O2/c14-6-5-13(15,9-16-7-1-3-11(16)18)10-17-8-2-4-12(17)19/h1-10,14-15H2. The van der Waals surface area contributed by atoms with Crippen LogP contribution in [0.5, 0.6) is 0 Å². The van der Waals surface area contributed by atoms with Gasteiger partial charge in [-0.05, 0) is 25.8 Å². The van der Waals surface area contributed by atoms with Crippen LogP contribution in [0.2, 0.25) is 0 Å². The highest BCUT2D eigenvalue weighted by Crippen LogP contribution is 2.19. The van der Waals surface area contributed by atoms with Gasteiger partial charge in [-0.3, -0.25) is 9.59 Å². The van der Waals surface area contributed by atoms with Crippen molar-refractivity contribution in [2.75, 3.05) is 32.7 Å². The quantitative estimate of drug-likeness (QED) is 0.665. The van der Waals surface area contributed by atoms with E-state index in [9.17, 15) is 9.59 Å². The molecule has 108 valence electrons. The molecule has 0 radical (unpaired) electrons. The molecule has 0 spiro atoms. The maximum Gasteiger partial charge on any atom is 0.222 e. The van der Waals surface area contributed by atoms with Crippen molar-refractivity contribution in [1.29, 1.82) is 0 Å². The van der Waals surface area contributed by atoms with Gasteiger partial charge in [0.2, 0.25) is 11.8 Å². The Morgan fingerprint density at radius 2 is 1.47 bits per heavy atom. The minimum absolute atomic E-state index is 0.166. The second kappa shape index (κ2) is 5.88. The van der Waals surface area contributed by atoms with Gasteiger partial charge in [-0.1, -0.05) is 0 Å². The van der Waals surface area contributed by atoms with Gasteiger partial charge in [0, 0.05) is 39.0 Å². The fraction of sp³-hybridized carbons (Fsp3) is 0.846. The van der Waals surface area contributed by atoms with E-state index in [2.05, 4.69) is 0 Å². The number of likely N-dealkylation sites (tertiary alicyclic amines) is 2. The lowest BCUT2D eigenvalue weighted by Crippen LogP contribution is -2.58. The maximum atomic E-state index is 11.7. The second-order valence-electron chi connectivity index (χ2n) is 5.74. The highest BCUT2D eigenvalue weighted by atomic mass is 16.2. The number of carbonyl (C=O) groups is 2. The lowest BCUT2D eigenvalue weighted by molar-refractivity contribution is -0.129. The molecule has 0 aromatic rings. The minimum Gasteiger partial charge on any atom is -0.341 e. The van der Waals surface area contributed by atoms with Crippen molar-refractivity contribution in [2.24, 2.45) is 11.5 Å². The fourth-order valence-electron chi connectivity index (χ4n) is 3.00. The van der Waals surface area contributed by atoms with Gasteiger partial charge in [-0.2, -0.15) is 0 Å². The molecule has 0 unspecified atom stereocenters. The van der Waals surface area contributed by atoms with Crippen LogP contribution in [0, 0.1) is 0 Å². The SMILES string of the molecule is NCCC(N)(CN1CCCC1=O)CN1CCCC1=O. The molecule has 0 aromatic heterocycles. The first-order valence-corrected chi connectivity index (χ1v) is 7.09. The van der Waals surface area contributed by atoms with Crippen molar-refractivity contribution in [1.82, 2.24) is 9.80 Å². The number of amides is 2. The molecule has 2 fully saturated rings. The zero-order valence-electron chi connectivity index (χ0n) is 11.4. The van der Waals surface area contributed by atoms with E-state index < -0.39 is 5.54 Å². The normalized spacial score (nSPS) is 20.7. The minimum atomic E-state index is -0.575. The van der Waals surface area contributed by atoms with Crippen LogP contribution in [-0.4, -0.2) is 59.9 Å². The first-order chi connectivity index (χ1) is 9.04. The molecule has 0 saturated carbocycles. The van der Waals surface area contributed by atoms with Gasteiger partial charge in [-0.25, -0.2) is 0 Å². The van der Waals surface area contributed by atoms with Crippen LogP contribution in [0.3, 0.4) is 0 Å². The Labute approximate surface area is 114 Å². The molecule has 4 N–H and O–H groups in total. The average Bonchev–Trinajstić information content (AvgIpc) is 2.90. The van der Waals surface area contributed by atoms with Gasteiger partial charge >= 0.3 is 0 Å². The van der Waals surface area contributed by atoms with E-state index in [1.807, 2.05) is 9.80 Å². The summed E-state index contributed by atoms with van der Waals surface area (Å²) in [6, 6.07) is 0. The molecule has 0 bridgehead atoms. The number of rotatable bonds is 6. The van der Waals surface area contributed by atoms with E-state index in [1.54, 1.807) is 0 Å². The summed E-state index contributed by atoms with van der Waals surface area (Å²) in [5.41, 5.74) is 11.5. The monoisotopic (exact) mass is 268 g/mol. The van der Waals surface area contributed by atoms with E-state index in [1.165, 1.54) is 0 Å². The van der Waals surface area contributed by atoms with Crippen LogP contribution in [0.15, 0.2) is 0 Å². The molecule has 0 atom stereocenters. The van der Waals surface area contributed by atoms with Crippen LogP contribution in [0.1, 0.15) is 32.1 Å². The van der Waals surface area contributed by atoms with Crippen molar-refractivity contribution in [2.45, 2.75) is 37.6 Å². The summed E-state index contributed by atoms with van der Waals surface area (Å²) in [4.78, 5) is 27.1. The number of nitrogens with zero attached hydrogens (tertiary/aromatic N) is 2. The third kappa shape index (κ3) is 3.45. The van der Waals surface area contributed by atoms with Crippen LogP contribution in [0.4, 0.5) is 0 Å². The molecule has 2 amide bonds. The lowest BCUT2D eigenvalue weighted by atomic mass is 9.95. The first kappa shape index (κ1) is 14.3.